The molecule has 1 fully saturated rings. The van der Waals surface area contributed by atoms with Crippen molar-refractivity contribution in [2.75, 3.05) is 25.0 Å². The van der Waals surface area contributed by atoms with Crippen LogP contribution in [0.1, 0.15) is 32.1 Å². The molecule has 0 aliphatic carbocycles. The Morgan fingerprint density at radius 1 is 1.26 bits per heavy atom. The summed E-state index contributed by atoms with van der Waals surface area (Å²) < 4.78 is 0. The Bertz CT molecular complexity index is 417. The van der Waals surface area contributed by atoms with Gasteiger partial charge in [0.1, 0.15) is 0 Å². The number of halogens is 1. The van der Waals surface area contributed by atoms with Gasteiger partial charge in [-0.1, -0.05) is 18.0 Å². The molecule has 0 aromatic carbocycles. The van der Waals surface area contributed by atoms with Gasteiger partial charge in [-0.05, 0) is 37.8 Å². The molecule has 0 spiro atoms. The number of anilines is 1. The zero-order chi connectivity index (χ0) is 13.5. The molecule has 5 heteroatoms. The van der Waals surface area contributed by atoms with Crippen molar-refractivity contribution in [2.45, 2.75) is 32.1 Å². The van der Waals surface area contributed by atoms with Crippen LogP contribution in [0.3, 0.4) is 0 Å². The molecule has 0 bridgehead atoms. The zero-order valence-corrected chi connectivity index (χ0v) is 11.9. The van der Waals surface area contributed by atoms with E-state index in [9.17, 15) is 4.79 Å². The highest BCUT2D eigenvalue weighted by Crippen LogP contribution is 2.16. The largest absolute Gasteiger partial charge is 0.327 e. The van der Waals surface area contributed by atoms with Crippen LogP contribution in [-0.4, -0.2) is 30.5 Å². The lowest BCUT2D eigenvalue weighted by Gasteiger charge is -2.21. The molecule has 1 amide bonds. The third-order valence-electron chi connectivity index (χ3n) is 3.50. The number of aromatic nitrogens is 1. The fraction of sp³-hybridized carbons (Fsp3) is 0.571. The van der Waals surface area contributed by atoms with Crippen LogP contribution in [0.4, 0.5) is 5.69 Å². The fourth-order valence-corrected chi connectivity index (χ4v) is 2.65. The first kappa shape index (κ1) is 14.3. The topological polar surface area (TPSA) is 46.4 Å². The second-order valence-electron chi connectivity index (χ2n) is 5.08. The first-order valence-electron chi connectivity index (χ1n) is 6.99. The van der Waals surface area contributed by atoms with E-state index in [1.165, 1.54) is 37.0 Å². The van der Waals surface area contributed by atoms with E-state index in [0.29, 0.717) is 17.4 Å². The second-order valence-corrected chi connectivity index (χ2v) is 5.44. The van der Waals surface area contributed by atoms with Gasteiger partial charge in [0.05, 0.1) is 18.8 Å². The highest BCUT2D eigenvalue weighted by Gasteiger charge is 2.16. The number of carbonyl (C=O) groups excluding carboxylic acids is 1. The third kappa shape index (κ3) is 4.80. The molecule has 19 heavy (non-hydrogen) atoms. The molecule has 104 valence electrons. The number of hydrogen-bond donors (Lipinski definition) is 2. The average Bonchev–Trinajstić information content (AvgIpc) is 2.35. The van der Waals surface area contributed by atoms with E-state index in [-0.39, 0.29) is 5.91 Å². The smallest absolute Gasteiger partial charge is 0.279 e. The molecule has 0 saturated carbocycles. The van der Waals surface area contributed by atoms with E-state index in [0.717, 1.165) is 13.1 Å². The van der Waals surface area contributed by atoms with Crippen LogP contribution in [0.5, 0.6) is 0 Å². The lowest BCUT2D eigenvalue weighted by atomic mass is 10.1. The van der Waals surface area contributed by atoms with Gasteiger partial charge in [0, 0.05) is 6.20 Å². The molecule has 0 radical (unpaired) electrons. The van der Waals surface area contributed by atoms with Crippen molar-refractivity contribution in [2.24, 2.45) is 0 Å². The molecule has 1 aromatic rings. The number of amides is 1. The van der Waals surface area contributed by atoms with E-state index in [1.54, 1.807) is 18.3 Å². The number of likely N-dealkylation sites (tertiary alicyclic amines) is 1. The average molecular weight is 283 g/mol. The summed E-state index contributed by atoms with van der Waals surface area (Å²) in [5.74, 6) is 0.0190. The maximum absolute atomic E-state index is 12.0. The first-order valence-corrected chi connectivity index (χ1v) is 7.37. The van der Waals surface area contributed by atoms with Gasteiger partial charge in [0.25, 0.3) is 5.91 Å². The number of carbonyl (C=O) groups is 1. The molecule has 1 aromatic heterocycles. The maximum atomic E-state index is 12.0. The van der Waals surface area contributed by atoms with Gasteiger partial charge in [0.2, 0.25) is 0 Å². The van der Waals surface area contributed by atoms with Gasteiger partial charge >= 0.3 is 0 Å². The van der Waals surface area contributed by atoms with Crippen LogP contribution in [0, 0.1) is 0 Å². The van der Waals surface area contributed by atoms with Crippen LogP contribution in [0.2, 0.25) is 5.15 Å². The summed E-state index contributed by atoms with van der Waals surface area (Å²) in [6, 6.07) is 3.54. The van der Waals surface area contributed by atoms with Crippen molar-refractivity contribution >= 4 is 23.2 Å². The quantitative estimate of drug-likeness (QED) is 0.826. The third-order valence-corrected chi connectivity index (χ3v) is 3.81. The van der Waals surface area contributed by atoms with Crippen molar-refractivity contribution in [1.82, 2.24) is 4.98 Å². The minimum absolute atomic E-state index is 0.0190. The summed E-state index contributed by atoms with van der Waals surface area (Å²) in [5.41, 5.74) is 0.598. The Hall–Kier alpha value is -1.13. The Morgan fingerprint density at radius 3 is 2.63 bits per heavy atom. The molecule has 0 atom stereocenters. The molecular formula is C14H21ClN3O+. The molecule has 2 N–H and O–H groups in total. The molecule has 1 aliphatic rings. The number of nitrogens with one attached hydrogen (secondary N) is 2. The maximum Gasteiger partial charge on any atom is 0.279 e. The van der Waals surface area contributed by atoms with Crippen LogP contribution < -0.4 is 10.2 Å². The zero-order valence-electron chi connectivity index (χ0n) is 11.1. The Labute approximate surface area is 119 Å². The molecule has 2 rings (SSSR count). The molecule has 1 saturated heterocycles. The Kier molecular flexibility index (Phi) is 5.61. The van der Waals surface area contributed by atoms with Gasteiger partial charge in [-0.3, -0.25) is 4.79 Å². The summed E-state index contributed by atoms with van der Waals surface area (Å²) >= 11 is 5.93. The number of nitrogens with zero attached hydrogens (tertiary/aromatic N) is 1. The van der Waals surface area contributed by atoms with Crippen LogP contribution in [-0.2, 0) is 4.79 Å². The Morgan fingerprint density at radius 2 is 1.95 bits per heavy atom. The van der Waals surface area contributed by atoms with Crippen molar-refractivity contribution in [3.05, 3.63) is 23.5 Å². The van der Waals surface area contributed by atoms with E-state index >= 15 is 0 Å². The summed E-state index contributed by atoms with van der Waals surface area (Å²) in [6.07, 6.45) is 7.97. The van der Waals surface area contributed by atoms with E-state index in [4.69, 9.17) is 11.6 Å². The number of pyridine rings is 1. The minimum atomic E-state index is 0.0190. The van der Waals surface area contributed by atoms with Gasteiger partial charge in [-0.2, -0.15) is 0 Å². The van der Waals surface area contributed by atoms with Crippen LogP contribution >= 0.6 is 11.6 Å². The van der Waals surface area contributed by atoms with E-state index in [2.05, 4.69) is 10.3 Å². The monoisotopic (exact) mass is 282 g/mol. The van der Waals surface area contributed by atoms with E-state index in [1.807, 2.05) is 0 Å². The molecule has 4 nitrogen and oxygen atoms in total. The van der Waals surface area contributed by atoms with Crippen molar-refractivity contribution < 1.29 is 9.69 Å². The van der Waals surface area contributed by atoms with Gasteiger partial charge < -0.3 is 10.2 Å². The predicted molar refractivity (Wildman–Crippen MR) is 76.5 cm³/mol. The van der Waals surface area contributed by atoms with Crippen LogP contribution in [0.25, 0.3) is 0 Å². The van der Waals surface area contributed by atoms with Gasteiger partial charge in [-0.25, -0.2) is 4.98 Å². The summed E-state index contributed by atoms with van der Waals surface area (Å²) in [4.78, 5) is 17.3. The highest BCUT2D eigenvalue weighted by molar-refractivity contribution is 6.32. The lowest BCUT2D eigenvalue weighted by Crippen LogP contribution is -3.13. The Balaban J connectivity index is 1.84. The SMILES string of the molecule is O=C(C[NH+]1CCCCCCC1)Nc1cccnc1Cl. The summed E-state index contributed by atoms with van der Waals surface area (Å²) in [7, 11) is 0. The molecule has 0 unspecified atom stereocenters. The van der Waals surface area contributed by atoms with Crippen molar-refractivity contribution in [1.29, 1.82) is 0 Å². The normalized spacial score (nSPS) is 17.5. The number of rotatable bonds is 3. The summed E-state index contributed by atoms with van der Waals surface area (Å²) in [5, 5.41) is 3.19. The van der Waals surface area contributed by atoms with Crippen LogP contribution in [0.15, 0.2) is 18.3 Å². The standard InChI is InChI=1S/C14H20ClN3O/c15-14-12(7-6-8-16-14)17-13(19)11-18-9-4-2-1-3-5-10-18/h6-8H,1-5,9-11H2,(H,17,19)/p+1. The molecule has 1 aliphatic heterocycles. The summed E-state index contributed by atoms with van der Waals surface area (Å²) in [6.45, 7) is 2.70. The lowest BCUT2D eigenvalue weighted by molar-refractivity contribution is -0.892. The van der Waals surface area contributed by atoms with E-state index < -0.39 is 0 Å². The van der Waals surface area contributed by atoms with Gasteiger partial charge in [-0.15, -0.1) is 0 Å². The second kappa shape index (κ2) is 7.46. The van der Waals surface area contributed by atoms with Crippen molar-refractivity contribution in [3.8, 4) is 0 Å². The number of quaternary nitrogens is 1. The fourth-order valence-electron chi connectivity index (χ4n) is 2.48. The highest BCUT2D eigenvalue weighted by atomic mass is 35.5. The van der Waals surface area contributed by atoms with Crippen molar-refractivity contribution in [3.63, 3.8) is 0 Å². The van der Waals surface area contributed by atoms with Gasteiger partial charge in [0.15, 0.2) is 11.7 Å². The number of hydrogen-bond acceptors (Lipinski definition) is 2. The molecule has 2 heterocycles. The predicted octanol–water partition coefficient (Wildman–Crippen LogP) is 1.52. The molecular weight excluding hydrogens is 262 g/mol. The minimum Gasteiger partial charge on any atom is -0.327 e. The first-order chi connectivity index (χ1) is 9.25.